The number of amides is 1. The SMILES string of the molecule is COc1ccc(CCNC(=O)c2[nH]c3c(c2C)C(=O)CCC3)cc1. The van der Waals surface area contributed by atoms with Crippen molar-refractivity contribution in [3.8, 4) is 5.75 Å². The van der Waals surface area contributed by atoms with Crippen molar-refractivity contribution in [2.24, 2.45) is 0 Å². The second-order valence-electron chi connectivity index (χ2n) is 6.11. The molecule has 5 heteroatoms. The van der Waals surface area contributed by atoms with Crippen molar-refractivity contribution in [3.05, 3.63) is 52.3 Å². The average molecular weight is 326 g/mol. The molecule has 0 fully saturated rings. The average Bonchev–Trinajstić information content (AvgIpc) is 2.93. The summed E-state index contributed by atoms with van der Waals surface area (Å²) in [4.78, 5) is 27.6. The standard InChI is InChI=1S/C19H22N2O3/c1-12-17-15(4-3-5-16(17)22)21-18(12)19(23)20-11-10-13-6-8-14(24-2)9-7-13/h6-9,21H,3-5,10-11H2,1-2H3,(H,20,23). The fourth-order valence-electron chi connectivity index (χ4n) is 3.20. The molecule has 1 amide bonds. The molecule has 0 unspecified atom stereocenters. The Kier molecular flexibility index (Phi) is 4.69. The monoisotopic (exact) mass is 326 g/mol. The fraction of sp³-hybridized carbons (Fsp3) is 0.368. The number of Topliss-reactive ketones (excluding diaryl/α,β-unsaturated/α-hetero) is 1. The quantitative estimate of drug-likeness (QED) is 0.887. The molecule has 5 nitrogen and oxygen atoms in total. The van der Waals surface area contributed by atoms with E-state index in [4.69, 9.17) is 4.74 Å². The van der Waals surface area contributed by atoms with Crippen LogP contribution in [-0.4, -0.2) is 30.3 Å². The molecule has 1 aromatic carbocycles. The first-order valence-electron chi connectivity index (χ1n) is 8.26. The van der Waals surface area contributed by atoms with Crippen molar-refractivity contribution in [1.29, 1.82) is 0 Å². The summed E-state index contributed by atoms with van der Waals surface area (Å²) in [6, 6.07) is 7.79. The summed E-state index contributed by atoms with van der Waals surface area (Å²) in [5.74, 6) is 0.811. The number of hydrogen-bond donors (Lipinski definition) is 2. The van der Waals surface area contributed by atoms with Gasteiger partial charge in [0.25, 0.3) is 5.91 Å². The molecule has 0 spiro atoms. The minimum absolute atomic E-state index is 0.141. The topological polar surface area (TPSA) is 71.2 Å². The number of H-pyrrole nitrogens is 1. The van der Waals surface area contributed by atoms with E-state index in [0.29, 0.717) is 18.7 Å². The van der Waals surface area contributed by atoms with Gasteiger partial charge < -0.3 is 15.0 Å². The summed E-state index contributed by atoms with van der Waals surface area (Å²) in [6.07, 6.45) is 3.00. The van der Waals surface area contributed by atoms with E-state index in [1.165, 1.54) is 0 Å². The van der Waals surface area contributed by atoms with E-state index in [0.717, 1.165) is 47.4 Å². The van der Waals surface area contributed by atoms with Gasteiger partial charge in [0.15, 0.2) is 5.78 Å². The fourth-order valence-corrected chi connectivity index (χ4v) is 3.20. The van der Waals surface area contributed by atoms with Gasteiger partial charge in [-0.15, -0.1) is 0 Å². The summed E-state index contributed by atoms with van der Waals surface area (Å²) in [5.41, 5.74) is 4.06. The third kappa shape index (κ3) is 3.20. The number of carbonyl (C=O) groups excluding carboxylic acids is 2. The third-order valence-electron chi connectivity index (χ3n) is 4.52. The molecule has 24 heavy (non-hydrogen) atoms. The van der Waals surface area contributed by atoms with Gasteiger partial charge in [-0.25, -0.2) is 0 Å². The molecule has 1 heterocycles. The molecule has 0 atom stereocenters. The second kappa shape index (κ2) is 6.91. The van der Waals surface area contributed by atoms with Crippen molar-refractivity contribution >= 4 is 11.7 Å². The van der Waals surface area contributed by atoms with Gasteiger partial charge in [-0.2, -0.15) is 0 Å². The summed E-state index contributed by atoms with van der Waals surface area (Å²) in [5, 5.41) is 2.93. The molecule has 1 aliphatic carbocycles. The van der Waals surface area contributed by atoms with Crippen LogP contribution in [0.25, 0.3) is 0 Å². The lowest BCUT2D eigenvalue weighted by Gasteiger charge is -2.09. The first kappa shape index (κ1) is 16.3. The Labute approximate surface area is 141 Å². The highest BCUT2D eigenvalue weighted by Gasteiger charge is 2.26. The van der Waals surface area contributed by atoms with Crippen LogP contribution in [0.3, 0.4) is 0 Å². The Balaban J connectivity index is 1.62. The van der Waals surface area contributed by atoms with Gasteiger partial charge in [0, 0.05) is 24.2 Å². The Morgan fingerprint density at radius 2 is 2.00 bits per heavy atom. The predicted octanol–water partition coefficient (Wildman–Crippen LogP) is 2.82. The van der Waals surface area contributed by atoms with E-state index in [1.54, 1.807) is 7.11 Å². The van der Waals surface area contributed by atoms with Crippen molar-refractivity contribution in [3.63, 3.8) is 0 Å². The van der Waals surface area contributed by atoms with Crippen LogP contribution >= 0.6 is 0 Å². The molecular formula is C19H22N2O3. The number of methoxy groups -OCH3 is 1. The maximum Gasteiger partial charge on any atom is 0.268 e. The van der Waals surface area contributed by atoms with Crippen LogP contribution in [0.1, 0.15) is 50.5 Å². The van der Waals surface area contributed by atoms with Gasteiger partial charge in [-0.1, -0.05) is 12.1 Å². The minimum Gasteiger partial charge on any atom is -0.497 e. The van der Waals surface area contributed by atoms with Crippen LogP contribution in [0, 0.1) is 6.92 Å². The third-order valence-corrected chi connectivity index (χ3v) is 4.52. The van der Waals surface area contributed by atoms with Crippen molar-refractivity contribution < 1.29 is 14.3 Å². The van der Waals surface area contributed by atoms with Crippen LogP contribution in [0.2, 0.25) is 0 Å². The van der Waals surface area contributed by atoms with Crippen LogP contribution < -0.4 is 10.1 Å². The number of fused-ring (bicyclic) bond motifs is 1. The van der Waals surface area contributed by atoms with E-state index in [-0.39, 0.29) is 11.7 Å². The molecule has 2 aromatic rings. The normalized spacial score (nSPS) is 13.5. The van der Waals surface area contributed by atoms with E-state index in [1.807, 2.05) is 31.2 Å². The highest BCUT2D eigenvalue weighted by molar-refractivity contribution is 6.04. The summed E-state index contributed by atoms with van der Waals surface area (Å²) in [7, 11) is 1.64. The molecule has 0 aliphatic heterocycles. The number of ketones is 1. The van der Waals surface area contributed by atoms with Gasteiger partial charge in [-0.3, -0.25) is 9.59 Å². The number of aromatic nitrogens is 1. The van der Waals surface area contributed by atoms with Crippen LogP contribution in [0.15, 0.2) is 24.3 Å². The number of aromatic amines is 1. The van der Waals surface area contributed by atoms with Gasteiger partial charge in [-0.05, 0) is 49.4 Å². The lowest BCUT2D eigenvalue weighted by atomic mass is 9.94. The van der Waals surface area contributed by atoms with E-state index in [9.17, 15) is 9.59 Å². The van der Waals surface area contributed by atoms with Gasteiger partial charge in [0.2, 0.25) is 0 Å². The van der Waals surface area contributed by atoms with Crippen molar-refractivity contribution in [2.75, 3.05) is 13.7 Å². The number of ether oxygens (including phenoxy) is 1. The molecular weight excluding hydrogens is 304 g/mol. The van der Waals surface area contributed by atoms with E-state index >= 15 is 0 Å². The van der Waals surface area contributed by atoms with Crippen molar-refractivity contribution in [2.45, 2.75) is 32.6 Å². The highest BCUT2D eigenvalue weighted by atomic mass is 16.5. The minimum atomic E-state index is -0.150. The predicted molar refractivity (Wildman–Crippen MR) is 91.8 cm³/mol. The zero-order chi connectivity index (χ0) is 17.1. The Hall–Kier alpha value is -2.56. The molecule has 0 radical (unpaired) electrons. The summed E-state index contributed by atoms with van der Waals surface area (Å²) in [6.45, 7) is 2.39. The summed E-state index contributed by atoms with van der Waals surface area (Å²) >= 11 is 0. The Morgan fingerprint density at radius 1 is 1.25 bits per heavy atom. The lowest BCUT2D eigenvalue weighted by molar-refractivity contribution is 0.0948. The van der Waals surface area contributed by atoms with E-state index in [2.05, 4.69) is 10.3 Å². The zero-order valence-corrected chi connectivity index (χ0v) is 14.1. The molecule has 3 rings (SSSR count). The first-order chi connectivity index (χ1) is 11.6. The van der Waals surface area contributed by atoms with Crippen LogP contribution in [0.5, 0.6) is 5.75 Å². The first-order valence-corrected chi connectivity index (χ1v) is 8.26. The molecule has 0 bridgehead atoms. The van der Waals surface area contributed by atoms with Gasteiger partial charge >= 0.3 is 0 Å². The number of benzene rings is 1. The molecule has 126 valence electrons. The maximum atomic E-state index is 12.4. The van der Waals surface area contributed by atoms with Crippen LogP contribution in [-0.2, 0) is 12.8 Å². The Morgan fingerprint density at radius 3 is 2.67 bits per heavy atom. The largest absolute Gasteiger partial charge is 0.497 e. The second-order valence-corrected chi connectivity index (χ2v) is 6.11. The Bertz CT molecular complexity index is 760. The number of aryl methyl sites for hydroxylation is 1. The number of nitrogens with one attached hydrogen (secondary N) is 2. The van der Waals surface area contributed by atoms with E-state index < -0.39 is 0 Å². The number of hydrogen-bond acceptors (Lipinski definition) is 3. The van der Waals surface area contributed by atoms with Crippen LogP contribution in [0.4, 0.5) is 0 Å². The molecule has 1 aliphatic rings. The number of carbonyl (C=O) groups is 2. The molecule has 1 aromatic heterocycles. The van der Waals surface area contributed by atoms with Gasteiger partial charge in [0.1, 0.15) is 11.4 Å². The summed E-state index contributed by atoms with van der Waals surface area (Å²) < 4.78 is 5.13. The van der Waals surface area contributed by atoms with Gasteiger partial charge in [0.05, 0.1) is 7.11 Å². The highest BCUT2D eigenvalue weighted by Crippen LogP contribution is 2.26. The lowest BCUT2D eigenvalue weighted by Crippen LogP contribution is -2.26. The zero-order valence-electron chi connectivity index (χ0n) is 14.1. The van der Waals surface area contributed by atoms with Crippen molar-refractivity contribution in [1.82, 2.24) is 10.3 Å². The molecule has 0 saturated carbocycles. The number of rotatable bonds is 5. The molecule has 0 saturated heterocycles. The smallest absolute Gasteiger partial charge is 0.268 e. The molecule has 2 N–H and O–H groups in total. The maximum absolute atomic E-state index is 12.4.